The molecule has 0 spiro atoms. The molecule has 1 aliphatic heterocycles. The molecule has 1 saturated heterocycles. The van der Waals surface area contributed by atoms with Crippen LogP contribution < -0.4 is 5.32 Å². The van der Waals surface area contributed by atoms with Crippen molar-refractivity contribution >= 4 is 5.91 Å². The molecule has 0 saturated carbocycles. The van der Waals surface area contributed by atoms with Crippen LogP contribution >= 0.6 is 0 Å². The lowest BCUT2D eigenvalue weighted by Gasteiger charge is -2.31. The Morgan fingerprint density at radius 1 is 1.28 bits per heavy atom. The number of unbranched alkanes of at least 4 members (excludes halogenated alkanes) is 1. The average Bonchev–Trinajstić information content (AvgIpc) is 2.38. The van der Waals surface area contributed by atoms with E-state index >= 15 is 0 Å². The summed E-state index contributed by atoms with van der Waals surface area (Å²) in [5.41, 5.74) is 0. The Bertz CT molecular complexity index is 231. The number of rotatable bonds is 9. The lowest BCUT2D eigenvalue weighted by molar-refractivity contribution is -0.133. The zero-order chi connectivity index (χ0) is 13.2. The molecule has 1 aliphatic rings. The summed E-state index contributed by atoms with van der Waals surface area (Å²) in [5.74, 6) is 1.01. The third-order valence-electron chi connectivity index (χ3n) is 3.73. The van der Waals surface area contributed by atoms with E-state index in [-0.39, 0.29) is 0 Å². The highest BCUT2D eigenvalue weighted by molar-refractivity contribution is 5.76. The summed E-state index contributed by atoms with van der Waals surface area (Å²) >= 11 is 0. The molecule has 0 aromatic heterocycles. The number of likely N-dealkylation sites (tertiary alicyclic amines) is 1. The van der Waals surface area contributed by atoms with E-state index in [1.165, 1.54) is 32.1 Å². The molecule has 1 amide bonds. The lowest BCUT2D eigenvalue weighted by Crippen LogP contribution is -2.41. The molecule has 1 atom stereocenters. The fourth-order valence-corrected chi connectivity index (χ4v) is 2.60. The van der Waals surface area contributed by atoms with E-state index in [2.05, 4.69) is 24.1 Å². The van der Waals surface area contributed by atoms with Crippen molar-refractivity contribution in [3.05, 3.63) is 0 Å². The molecule has 0 aromatic carbocycles. The minimum absolute atomic E-state index is 0.373. The van der Waals surface area contributed by atoms with Gasteiger partial charge in [-0.15, -0.1) is 0 Å². The van der Waals surface area contributed by atoms with Crippen LogP contribution in [0.5, 0.6) is 0 Å². The Labute approximate surface area is 112 Å². The second-order valence-electron chi connectivity index (χ2n) is 5.51. The zero-order valence-corrected chi connectivity index (χ0v) is 12.2. The monoisotopic (exact) mass is 254 g/mol. The van der Waals surface area contributed by atoms with Crippen LogP contribution in [0.15, 0.2) is 0 Å². The number of hydrogen-bond donors (Lipinski definition) is 1. The van der Waals surface area contributed by atoms with E-state index < -0.39 is 0 Å². The Hall–Kier alpha value is -0.570. The fraction of sp³-hybridized carbons (Fsp3) is 0.933. The van der Waals surface area contributed by atoms with Crippen molar-refractivity contribution in [1.82, 2.24) is 10.2 Å². The van der Waals surface area contributed by atoms with Gasteiger partial charge in [0.15, 0.2) is 0 Å². The molecule has 0 bridgehead atoms. The highest BCUT2D eigenvalue weighted by Gasteiger charge is 2.21. The molecule has 1 N–H and O–H groups in total. The van der Waals surface area contributed by atoms with Crippen molar-refractivity contribution in [3.63, 3.8) is 0 Å². The van der Waals surface area contributed by atoms with Gasteiger partial charge < -0.3 is 10.2 Å². The zero-order valence-electron chi connectivity index (χ0n) is 12.2. The van der Waals surface area contributed by atoms with Crippen LogP contribution in [-0.2, 0) is 4.79 Å². The van der Waals surface area contributed by atoms with Crippen molar-refractivity contribution in [2.45, 2.75) is 58.8 Å². The quantitative estimate of drug-likeness (QED) is 0.642. The summed E-state index contributed by atoms with van der Waals surface area (Å²) in [6.45, 7) is 8.55. The second kappa shape index (κ2) is 9.37. The molecule has 18 heavy (non-hydrogen) atoms. The highest BCUT2D eigenvalue weighted by atomic mass is 16.2. The van der Waals surface area contributed by atoms with Gasteiger partial charge in [0.05, 0.1) is 0 Å². The molecule has 106 valence electrons. The first-order valence-corrected chi connectivity index (χ1v) is 7.76. The van der Waals surface area contributed by atoms with Gasteiger partial charge in [0, 0.05) is 19.5 Å². The Morgan fingerprint density at radius 2 is 2.11 bits per heavy atom. The summed E-state index contributed by atoms with van der Waals surface area (Å²) in [4.78, 5) is 13.9. The maximum absolute atomic E-state index is 11.8. The molecule has 3 nitrogen and oxygen atoms in total. The molecular formula is C15H30N2O. The van der Waals surface area contributed by atoms with Gasteiger partial charge in [-0.1, -0.05) is 26.7 Å². The predicted molar refractivity (Wildman–Crippen MR) is 76.6 cm³/mol. The molecule has 0 aromatic rings. The number of amides is 1. The van der Waals surface area contributed by atoms with Crippen LogP contribution in [0.2, 0.25) is 0 Å². The molecule has 0 aliphatic carbocycles. The van der Waals surface area contributed by atoms with E-state index in [1.54, 1.807) is 0 Å². The topological polar surface area (TPSA) is 32.3 Å². The van der Waals surface area contributed by atoms with Gasteiger partial charge in [-0.25, -0.2) is 0 Å². The largest absolute Gasteiger partial charge is 0.342 e. The van der Waals surface area contributed by atoms with Crippen molar-refractivity contribution in [2.24, 2.45) is 5.92 Å². The summed E-state index contributed by atoms with van der Waals surface area (Å²) in [5, 5.41) is 3.51. The number of piperidine rings is 1. The summed E-state index contributed by atoms with van der Waals surface area (Å²) in [6, 6.07) is 0. The molecule has 1 rings (SSSR count). The summed E-state index contributed by atoms with van der Waals surface area (Å²) < 4.78 is 0. The smallest absolute Gasteiger partial charge is 0.222 e. The van der Waals surface area contributed by atoms with E-state index in [1.807, 2.05) is 0 Å². The molecule has 1 unspecified atom stereocenters. The normalized spacial score (nSPS) is 18.1. The van der Waals surface area contributed by atoms with Gasteiger partial charge in [0.25, 0.3) is 0 Å². The standard InChI is InChI=1S/C15H30N2O/c1-3-5-8-14(12-16-10-4-2)13-17-11-7-6-9-15(17)18/h14,16H,3-13H2,1-2H3. The molecular weight excluding hydrogens is 224 g/mol. The first-order valence-electron chi connectivity index (χ1n) is 7.76. The van der Waals surface area contributed by atoms with Crippen LogP contribution in [-0.4, -0.2) is 37.0 Å². The average molecular weight is 254 g/mol. The number of carbonyl (C=O) groups is 1. The third-order valence-corrected chi connectivity index (χ3v) is 3.73. The first kappa shape index (κ1) is 15.5. The van der Waals surface area contributed by atoms with Gasteiger partial charge in [0.2, 0.25) is 5.91 Å². The number of hydrogen-bond acceptors (Lipinski definition) is 2. The Kier molecular flexibility index (Phi) is 8.06. The first-order chi connectivity index (χ1) is 8.77. The highest BCUT2D eigenvalue weighted by Crippen LogP contribution is 2.15. The van der Waals surface area contributed by atoms with Crippen molar-refractivity contribution in [3.8, 4) is 0 Å². The van der Waals surface area contributed by atoms with Gasteiger partial charge in [0.1, 0.15) is 0 Å². The molecule has 1 heterocycles. The second-order valence-corrected chi connectivity index (χ2v) is 5.51. The number of carbonyl (C=O) groups excluding carboxylic acids is 1. The lowest BCUT2D eigenvalue weighted by atomic mass is 9.99. The van der Waals surface area contributed by atoms with Crippen LogP contribution in [0.1, 0.15) is 58.8 Å². The van der Waals surface area contributed by atoms with Crippen molar-refractivity contribution in [2.75, 3.05) is 26.2 Å². The number of nitrogens with zero attached hydrogens (tertiary/aromatic N) is 1. The van der Waals surface area contributed by atoms with E-state index in [0.29, 0.717) is 11.8 Å². The van der Waals surface area contributed by atoms with Crippen molar-refractivity contribution < 1.29 is 4.79 Å². The maximum Gasteiger partial charge on any atom is 0.222 e. The van der Waals surface area contributed by atoms with Crippen LogP contribution in [0, 0.1) is 5.92 Å². The summed E-state index contributed by atoms with van der Waals surface area (Å²) in [6.07, 6.45) is 8.00. The van der Waals surface area contributed by atoms with Crippen molar-refractivity contribution in [1.29, 1.82) is 0 Å². The van der Waals surface area contributed by atoms with Crippen LogP contribution in [0.25, 0.3) is 0 Å². The van der Waals surface area contributed by atoms with Crippen LogP contribution in [0.3, 0.4) is 0 Å². The SMILES string of the molecule is CCCCC(CNCCC)CN1CCCCC1=O. The van der Waals surface area contributed by atoms with E-state index in [0.717, 1.165) is 39.0 Å². The maximum atomic E-state index is 11.8. The third kappa shape index (κ3) is 5.85. The summed E-state index contributed by atoms with van der Waals surface area (Å²) in [7, 11) is 0. The van der Waals surface area contributed by atoms with Gasteiger partial charge >= 0.3 is 0 Å². The predicted octanol–water partition coefficient (Wildman–Crippen LogP) is 2.80. The van der Waals surface area contributed by atoms with E-state index in [4.69, 9.17) is 0 Å². The van der Waals surface area contributed by atoms with Gasteiger partial charge in [-0.3, -0.25) is 4.79 Å². The van der Waals surface area contributed by atoms with Gasteiger partial charge in [-0.2, -0.15) is 0 Å². The minimum Gasteiger partial charge on any atom is -0.342 e. The molecule has 0 radical (unpaired) electrons. The Balaban J connectivity index is 2.35. The molecule has 1 fully saturated rings. The van der Waals surface area contributed by atoms with Crippen LogP contribution in [0.4, 0.5) is 0 Å². The van der Waals surface area contributed by atoms with Gasteiger partial charge in [-0.05, 0) is 44.7 Å². The minimum atomic E-state index is 0.373. The Morgan fingerprint density at radius 3 is 2.78 bits per heavy atom. The fourth-order valence-electron chi connectivity index (χ4n) is 2.60. The molecule has 3 heteroatoms. The number of nitrogens with one attached hydrogen (secondary N) is 1. The van der Waals surface area contributed by atoms with E-state index in [9.17, 15) is 4.79 Å².